The lowest BCUT2D eigenvalue weighted by atomic mass is 9.92. The first-order valence-electron chi connectivity index (χ1n) is 5.52. The molecule has 4 heteroatoms. The first-order valence-corrected chi connectivity index (χ1v) is 5.52. The van der Waals surface area contributed by atoms with Crippen molar-refractivity contribution in [3.63, 3.8) is 0 Å². The highest BCUT2D eigenvalue weighted by atomic mass is 15.3. The van der Waals surface area contributed by atoms with Gasteiger partial charge in [-0.3, -0.25) is 0 Å². The molecule has 0 aliphatic rings. The van der Waals surface area contributed by atoms with Crippen LogP contribution in [-0.2, 0) is 13.0 Å². The molecule has 16 heavy (non-hydrogen) atoms. The number of nitrogens with zero attached hydrogens (tertiary/aromatic N) is 3. The lowest BCUT2D eigenvalue weighted by molar-refractivity contribution is 0.401. The molecule has 0 saturated heterocycles. The van der Waals surface area contributed by atoms with Gasteiger partial charge >= 0.3 is 0 Å². The average Bonchev–Trinajstić information content (AvgIpc) is 2.55. The third-order valence-corrected chi connectivity index (χ3v) is 2.37. The molecule has 0 aliphatic heterocycles. The Morgan fingerprint density at radius 1 is 1.38 bits per heavy atom. The SMILES string of the molecule is CC(C)(C)Cc1nc2cc(CN)ccn2n1. The van der Waals surface area contributed by atoms with Gasteiger partial charge < -0.3 is 5.73 Å². The van der Waals surface area contributed by atoms with Crippen molar-refractivity contribution in [2.24, 2.45) is 11.1 Å². The highest BCUT2D eigenvalue weighted by Gasteiger charge is 2.15. The predicted octanol–water partition coefficient (Wildman–Crippen LogP) is 1.78. The van der Waals surface area contributed by atoms with Crippen LogP contribution in [0.1, 0.15) is 32.2 Å². The number of aromatic nitrogens is 3. The Kier molecular flexibility index (Phi) is 2.68. The second kappa shape index (κ2) is 3.87. The largest absolute Gasteiger partial charge is 0.326 e. The molecule has 0 atom stereocenters. The van der Waals surface area contributed by atoms with E-state index in [1.54, 1.807) is 4.52 Å². The summed E-state index contributed by atoms with van der Waals surface area (Å²) >= 11 is 0. The average molecular weight is 218 g/mol. The van der Waals surface area contributed by atoms with E-state index in [0.717, 1.165) is 23.5 Å². The normalized spacial score (nSPS) is 12.2. The molecule has 0 radical (unpaired) electrons. The molecule has 2 aromatic rings. The molecule has 86 valence electrons. The fourth-order valence-electron chi connectivity index (χ4n) is 1.65. The minimum absolute atomic E-state index is 0.210. The van der Waals surface area contributed by atoms with Crippen LogP contribution in [0.4, 0.5) is 0 Å². The highest BCUT2D eigenvalue weighted by Crippen LogP contribution is 2.18. The van der Waals surface area contributed by atoms with Crippen molar-refractivity contribution in [3.8, 4) is 0 Å². The fourth-order valence-corrected chi connectivity index (χ4v) is 1.65. The van der Waals surface area contributed by atoms with Gasteiger partial charge in [0.05, 0.1) is 0 Å². The Labute approximate surface area is 95.5 Å². The maximum atomic E-state index is 5.59. The molecule has 2 rings (SSSR count). The Bertz CT molecular complexity index is 493. The Morgan fingerprint density at radius 3 is 2.75 bits per heavy atom. The van der Waals surface area contributed by atoms with Gasteiger partial charge in [-0.05, 0) is 23.1 Å². The monoisotopic (exact) mass is 218 g/mol. The molecule has 0 spiro atoms. The molecule has 2 aromatic heterocycles. The number of nitrogens with two attached hydrogens (primary N) is 1. The van der Waals surface area contributed by atoms with Crippen molar-refractivity contribution in [3.05, 3.63) is 29.7 Å². The molecular weight excluding hydrogens is 200 g/mol. The molecule has 4 nitrogen and oxygen atoms in total. The van der Waals surface area contributed by atoms with Crippen LogP contribution in [0.2, 0.25) is 0 Å². The van der Waals surface area contributed by atoms with Crippen molar-refractivity contribution in [2.45, 2.75) is 33.7 Å². The number of hydrogen-bond donors (Lipinski definition) is 1. The van der Waals surface area contributed by atoms with Crippen LogP contribution in [0.3, 0.4) is 0 Å². The van der Waals surface area contributed by atoms with Gasteiger partial charge in [0.1, 0.15) is 0 Å². The number of hydrogen-bond acceptors (Lipinski definition) is 3. The van der Waals surface area contributed by atoms with E-state index < -0.39 is 0 Å². The van der Waals surface area contributed by atoms with Gasteiger partial charge in [-0.1, -0.05) is 20.8 Å². The lowest BCUT2D eigenvalue weighted by Gasteiger charge is -2.14. The van der Waals surface area contributed by atoms with Crippen molar-refractivity contribution < 1.29 is 0 Å². The van der Waals surface area contributed by atoms with Crippen LogP contribution in [0.5, 0.6) is 0 Å². The second-order valence-electron chi connectivity index (χ2n) is 5.31. The third-order valence-electron chi connectivity index (χ3n) is 2.37. The Morgan fingerprint density at radius 2 is 2.12 bits per heavy atom. The summed E-state index contributed by atoms with van der Waals surface area (Å²) in [6, 6.07) is 3.96. The van der Waals surface area contributed by atoms with Crippen molar-refractivity contribution in [2.75, 3.05) is 0 Å². The number of rotatable bonds is 2. The van der Waals surface area contributed by atoms with E-state index in [1.807, 2.05) is 18.3 Å². The van der Waals surface area contributed by atoms with Gasteiger partial charge in [-0.2, -0.15) is 5.10 Å². The fraction of sp³-hybridized carbons (Fsp3) is 0.500. The van der Waals surface area contributed by atoms with E-state index >= 15 is 0 Å². The molecular formula is C12H18N4. The lowest BCUT2D eigenvalue weighted by Crippen LogP contribution is -2.10. The molecule has 0 fully saturated rings. The smallest absolute Gasteiger partial charge is 0.155 e. The maximum absolute atomic E-state index is 5.59. The first kappa shape index (κ1) is 11.1. The van der Waals surface area contributed by atoms with Gasteiger partial charge in [-0.25, -0.2) is 9.50 Å². The Balaban J connectivity index is 2.36. The second-order valence-corrected chi connectivity index (χ2v) is 5.31. The van der Waals surface area contributed by atoms with Crippen molar-refractivity contribution in [1.29, 1.82) is 0 Å². The molecule has 0 bridgehead atoms. The van der Waals surface area contributed by atoms with Crippen molar-refractivity contribution in [1.82, 2.24) is 14.6 Å². The van der Waals surface area contributed by atoms with E-state index in [2.05, 4.69) is 30.9 Å². The summed E-state index contributed by atoms with van der Waals surface area (Å²) < 4.78 is 1.81. The summed E-state index contributed by atoms with van der Waals surface area (Å²) in [7, 11) is 0. The van der Waals surface area contributed by atoms with Crippen molar-refractivity contribution >= 4 is 5.65 Å². The molecule has 0 saturated carbocycles. The van der Waals surface area contributed by atoms with Gasteiger partial charge in [0.25, 0.3) is 0 Å². The topological polar surface area (TPSA) is 56.2 Å². The zero-order chi connectivity index (χ0) is 11.8. The maximum Gasteiger partial charge on any atom is 0.155 e. The van der Waals surface area contributed by atoms with E-state index in [0.29, 0.717) is 6.54 Å². The van der Waals surface area contributed by atoms with Crippen LogP contribution in [0, 0.1) is 5.41 Å². The third kappa shape index (κ3) is 2.39. The van der Waals surface area contributed by atoms with Crippen LogP contribution in [0.15, 0.2) is 18.3 Å². The first-order chi connectivity index (χ1) is 7.48. The van der Waals surface area contributed by atoms with Gasteiger partial charge in [0.15, 0.2) is 11.5 Å². The summed E-state index contributed by atoms with van der Waals surface area (Å²) in [6.45, 7) is 7.09. The zero-order valence-corrected chi connectivity index (χ0v) is 10.1. The highest BCUT2D eigenvalue weighted by molar-refractivity contribution is 5.40. The zero-order valence-electron chi connectivity index (χ0n) is 10.1. The van der Waals surface area contributed by atoms with E-state index in [9.17, 15) is 0 Å². The van der Waals surface area contributed by atoms with Crippen LogP contribution in [-0.4, -0.2) is 14.6 Å². The summed E-state index contributed by atoms with van der Waals surface area (Å²) in [6.07, 6.45) is 2.79. The molecule has 0 aromatic carbocycles. The molecule has 0 amide bonds. The van der Waals surface area contributed by atoms with Crippen LogP contribution < -0.4 is 5.73 Å². The Hall–Kier alpha value is -1.42. The summed E-state index contributed by atoms with van der Waals surface area (Å²) in [4.78, 5) is 4.50. The minimum Gasteiger partial charge on any atom is -0.326 e. The van der Waals surface area contributed by atoms with E-state index in [4.69, 9.17) is 5.73 Å². The molecule has 0 aliphatic carbocycles. The predicted molar refractivity (Wildman–Crippen MR) is 64.0 cm³/mol. The van der Waals surface area contributed by atoms with Crippen LogP contribution in [0.25, 0.3) is 5.65 Å². The van der Waals surface area contributed by atoms with E-state index in [1.165, 1.54) is 0 Å². The number of pyridine rings is 1. The molecule has 0 unspecified atom stereocenters. The minimum atomic E-state index is 0.210. The number of fused-ring (bicyclic) bond motifs is 1. The van der Waals surface area contributed by atoms with Crippen LogP contribution >= 0.6 is 0 Å². The summed E-state index contributed by atoms with van der Waals surface area (Å²) in [5.41, 5.74) is 7.76. The summed E-state index contributed by atoms with van der Waals surface area (Å²) in [5, 5.41) is 4.44. The molecule has 2 heterocycles. The van der Waals surface area contributed by atoms with Gasteiger partial charge in [0, 0.05) is 19.2 Å². The van der Waals surface area contributed by atoms with Gasteiger partial charge in [-0.15, -0.1) is 0 Å². The summed E-state index contributed by atoms with van der Waals surface area (Å²) in [5.74, 6) is 0.890. The van der Waals surface area contributed by atoms with Gasteiger partial charge in [0.2, 0.25) is 0 Å². The standard InChI is InChI=1S/C12H18N4/c1-12(2,3)7-10-14-11-6-9(8-13)4-5-16(11)15-10/h4-6H,7-8,13H2,1-3H3. The molecule has 2 N–H and O–H groups in total. The quantitative estimate of drug-likeness (QED) is 0.836. The van der Waals surface area contributed by atoms with E-state index in [-0.39, 0.29) is 5.41 Å².